The minimum Gasteiger partial charge on any atom is -0.369 e. The quantitative estimate of drug-likeness (QED) is 0.827. The van der Waals surface area contributed by atoms with E-state index in [9.17, 15) is 9.18 Å². The predicted octanol–water partition coefficient (Wildman–Crippen LogP) is 1.89. The van der Waals surface area contributed by atoms with Gasteiger partial charge in [-0.1, -0.05) is 18.8 Å². The summed E-state index contributed by atoms with van der Waals surface area (Å²) in [5, 5.41) is 2.70. The molecule has 0 aliphatic rings. The molecule has 0 radical (unpaired) electrons. The maximum Gasteiger partial charge on any atom is 0.256 e. The van der Waals surface area contributed by atoms with Crippen molar-refractivity contribution in [2.24, 2.45) is 5.73 Å². The average Bonchev–Trinajstić information content (AvgIpc) is 2.46. The molecule has 0 aromatic heterocycles. The van der Waals surface area contributed by atoms with Gasteiger partial charge < -0.3 is 15.8 Å². The van der Waals surface area contributed by atoms with Crippen molar-refractivity contribution in [2.45, 2.75) is 25.9 Å². The van der Waals surface area contributed by atoms with Gasteiger partial charge in [0.2, 0.25) is 0 Å². The Morgan fingerprint density at radius 3 is 2.80 bits per heavy atom. The highest BCUT2D eigenvalue weighted by Gasteiger charge is 2.30. The Balaban J connectivity index is 2.96. The first-order valence-electron chi connectivity index (χ1n) is 6.32. The number of nitrogens with one attached hydrogen (secondary N) is 1. The normalized spacial score (nSPS) is 13.1. The lowest BCUT2D eigenvalue weighted by atomic mass is 10.0. The molecule has 3 N–H and O–H groups in total. The lowest BCUT2D eigenvalue weighted by Gasteiger charge is -2.25. The van der Waals surface area contributed by atoms with Gasteiger partial charge in [-0.25, -0.2) is 4.39 Å². The van der Waals surface area contributed by atoms with Gasteiger partial charge in [0.25, 0.3) is 5.91 Å². The number of rotatable bonds is 4. The monoisotopic (exact) mass is 278 g/mol. The molecule has 5 heteroatoms. The fourth-order valence-electron chi connectivity index (χ4n) is 1.51. The Bertz CT molecular complexity index is 543. The molecule has 1 unspecified atom stereocenters. The molecule has 20 heavy (non-hydrogen) atoms. The molecule has 0 saturated carbocycles. The minimum absolute atomic E-state index is 0.146. The van der Waals surface area contributed by atoms with Crippen molar-refractivity contribution in [1.82, 2.24) is 0 Å². The first-order valence-corrected chi connectivity index (χ1v) is 6.32. The van der Waals surface area contributed by atoms with Crippen molar-refractivity contribution in [3.63, 3.8) is 0 Å². The van der Waals surface area contributed by atoms with Crippen LogP contribution in [0.15, 0.2) is 18.2 Å². The number of ether oxygens (including phenoxy) is 1. The molecule has 0 saturated heterocycles. The largest absolute Gasteiger partial charge is 0.369 e. The smallest absolute Gasteiger partial charge is 0.256 e. The third-order valence-corrected chi connectivity index (χ3v) is 3.15. The summed E-state index contributed by atoms with van der Waals surface area (Å²) in [5.74, 6) is 4.46. The second kappa shape index (κ2) is 7.04. The van der Waals surface area contributed by atoms with Crippen LogP contribution in [0.1, 0.15) is 25.8 Å². The molecule has 0 fully saturated rings. The van der Waals surface area contributed by atoms with Crippen LogP contribution in [0, 0.1) is 17.7 Å². The second-order valence-corrected chi connectivity index (χ2v) is 4.44. The zero-order chi connectivity index (χ0) is 15.2. The topological polar surface area (TPSA) is 64.3 Å². The summed E-state index contributed by atoms with van der Waals surface area (Å²) in [5.41, 5.74) is 5.00. The number of hydrogen-bond donors (Lipinski definition) is 2. The van der Waals surface area contributed by atoms with Gasteiger partial charge in [-0.05, 0) is 31.5 Å². The summed E-state index contributed by atoms with van der Waals surface area (Å²) in [7, 11) is 1.48. The van der Waals surface area contributed by atoms with Gasteiger partial charge in [0.15, 0.2) is 0 Å². The van der Waals surface area contributed by atoms with Crippen LogP contribution in [-0.2, 0) is 9.53 Å². The maximum atomic E-state index is 13.5. The number of hydrogen-bond acceptors (Lipinski definition) is 3. The number of carbonyl (C=O) groups is 1. The van der Waals surface area contributed by atoms with E-state index in [0.29, 0.717) is 12.1 Å². The van der Waals surface area contributed by atoms with Gasteiger partial charge in [-0.3, -0.25) is 4.79 Å². The zero-order valence-electron chi connectivity index (χ0n) is 11.9. The van der Waals surface area contributed by atoms with Crippen LogP contribution < -0.4 is 11.1 Å². The summed E-state index contributed by atoms with van der Waals surface area (Å²) in [6.07, 6.45) is 0.524. The van der Waals surface area contributed by atoms with Crippen molar-refractivity contribution >= 4 is 11.6 Å². The number of nitrogens with two attached hydrogens (primary N) is 1. The molecule has 1 aromatic carbocycles. The second-order valence-electron chi connectivity index (χ2n) is 4.44. The van der Waals surface area contributed by atoms with Gasteiger partial charge >= 0.3 is 0 Å². The molecular formula is C15H19FN2O2. The van der Waals surface area contributed by atoms with Gasteiger partial charge in [-0.2, -0.15) is 0 Å². The lowest BCUT2D eigenvalue weighted by Crippen LogP contribution is -2.41. The molecule has 108 valence electrons. The van der Waals surface area contributed by atoms with E-state index in [2.05, 4.69) is 17.2 Å². The Kier molecular flexibility index (Phi) is 5.68. The number of benzene rings is 1. The van der Waals surface area contributed by atoms with E-state index in [1.54, 1.807) is 6.92 Å². The summed E-state index contributed by atoms with van der Waals surface area (Å²) in [4.78, 5) is 12.1. The van der Waals surface area contributed by atoms with Crippen LogP contribution in [-0.4, -0.2) is 25.2 Å². The molecule has 1 aromatic rings. The summed E-state index contributed by atoms with van der Waals surface area (Å²) in [6, 6.07) is 4.21. The summed E-state index contributed by atoms with van der Waals surface area (Å²) < 4.78 is 18.7. The molecular weight excluding hydrogens is 259 g/mol. The SMILES string of the molecule is CCC(C)(OC)C(=O)Nc1ccc(F)c(C#CCN)c1. The number of amides is 1. The predicted molar refractivity (Wildman–Crippen MR) is 76.7 cm³/mol. The standard InChI is InChI=1S/C15H19FN2O2/c1-4-15(2,20-3)14(19)18-12-7-8-13(16)11(10-12)6-5-9-17/h7-8,10H,4,9,17H2,1-3H3,(H,18,19). The van der Waals surface area contributed by atoms with Gasteiger partial charge in [0.1, 0.15) is 11.4 Å². The van der Waals surface area contributed by atoms with Crippen molar-refractivity contribution in [3.05, 3.63) is 29.6 Å². The van der Waals surface area contributed by atoms with Crippen LogP contribution in [0.2, 0.25) is 0 Å². The summed E-state index contributed by atoms with van der Waals surface area (Å²) in [6.45, 7) is 3.69. The Hall–Kier alpha value is -1.90. The van der Waals surface area contributed by atoms with E-state index in [4.69, 9.17) is 10.5 Å². The van der Waals surface area contributed by atoms with Gasteiger partial charge in [-0.15, -0.1) is 0 Å². The number of anilines is 1. The Morgan fingerprint density at radius 2 is 2.25 bits per heavy atom. The Morgan fingerprint density at radius 1 is 1.55 bits per heavy atom. The van der Waals surface area contributed by atoms with E-state index in [0.717, 1.165) is 0 Å². The number of halogens is 1. The average molecular weight is 278 g/mol. The molecule has 0 bridgehead atoms. The molecule has 0 spiro atoms. The molecule has 1 rings (SSSR count). The van der Waals surface area contributed by atoms with E-state index < -0.39 is 11.4 Å². The van der Waals surface area contributed by atoms with Crippen molar-refractivity contribution in [2.75, 3.05) is 19.0 Å². The highest BCUT2D eigenvalue weighted by atomic mass is 19.1. The van der Waals surface area contributed by atoms with E-state index in [1.165, 1.54) is 25.3 Å². The number of carbonyl (C=O) groups excluding carboxylic acids is 1. The van der Waals surface area contributed by atoms with Crippen LogP contribution in [0.4, 0.5) is 10.1 Å². The fourth-order valence-corrected chi connectivity index (χ4v) is 1.51. The minimum atomic E-state index is -0.919. The van der Waals surface area contributed by atoms with Crippen LogP contribution in [0.3, 0.4) is 0 Å². The van der Waals surface area contributed by atoms with Crippen molar-refractivity contribution in [1.29, 1.82) is 0 Å². The van der Waals surface area contributed by atoms with E-state index >= 15 is 0 Å². The molecule has 0 aliphatic heterocycles. The number of methoxy groups -OCH3 is 1. The lowest BCUT2D eigenvalue weighted by molar-refractivity contribution is -0.136. The third kappa shape index (κ3) is 3.80. The Labute approximate surface area is 118 Å². The molecule has 0 heterocycles. The molecule has 0 aliphatic carbocycles. The molecule has 1 atom stereocenters. The first kappa shape index (κ1) is 16.2. The molecule has 1 amide bonds. The van der Waals surface area contributed by atoms with Crippen LogP contribution in [0.5, 0.6) is 0 Å². The highest BCUT2D eigenvalue weighted by molar-refractivity contribution is 5.97. The van der Waals surface area contributed by atoms with Crippen LogP contribution >= 0.6 is 0 Å². The van der Waals surface area contributed by atoms with Crippen molar-refractivity contribution < 1.29 is 13.9 Å². The first-order chi connectivity index (χ1) is 9.46. The van der Waals surface area contributed by atoms with Gasteiger partial charge in [0.05, 0.1) is 12.1 Å². The zero-order valence-corrected chi connectivity index (χ0v) is 11.9. The third-order valence-electron chi connectivity index (χ3n) is 3.15. The molecule has 4 nitrogen and oxygen atoms in total. The maximum absolute atomic E-state index is 13.5. The van der Waals surface area contributed by atoms with E-state index in [1.807, 2.05) is 6.92 Å². The van der Waals surface area contributed by atoms with E-state index in [-0.39, 0.29) is 18.0 Å². The highest BCUT2D eigenvalue weighted by Crippen LogP contribution is 2.19. The van der Waals surface area contributed by atoms with Gasteiger partial charge in [0, 0.05) is 12.8 Å². The van der Waals surface area contributed by atoms with Crippen LogP contribution in [0.25, 0.3) is 0 Å². The summed E-state index contributed by atoms with van der Waals surface area (Å²) >= 11 is 0. The van der Waals surface area contributed by atoms with Crippen molar-refractivity contribution in [3.8, 4) is 11.8 Å². The fraction of sp³-hybridized carbons (Fsp3) is 0.400.